The van der Waals surface area contributed by atoms with Crippen molar-refractivity contribution in [1.29, 1.82) is 0 Å². The molecule has 0 N–H and O–H groups in total. The molecule has 2 heteroatoms. The van der Waals surface area contributed by atoms with E-state index in [1.54, 1.807) is 0 Å². The molecule has 1 aromatic heterocycles. The SMILES string of the molecule is C#C/C=C\c1c(C)c(N(c2ccc(-c3ccc4c(c3)-c3ccccc3C4(C3=CCC=CC=C3)c3ccccc3)cc2)c2ccc3c(c2)c2ccccc2n3-c2ccccc2)cc2ccccc12. The van der Waals surface area contributed by atoms with Crippen LogP contribution in [0, 0.1) is 19.3 Å². The molecular weight excluding hydrogens is 809 g/mol. The van der Waals surface area contributed by atoms with Gasteiger partial charge in [0.15, 0.2) is 0 Å². The van der Waals surface area contributed by atoms with Crippen molar-refractivity contribution < 1.29 is 0 Å². The fourth-order valence-electron chi connectivity index (χ4n) is 11.0. The van der Waals surface area contributed by atoms with E-state index in [-0.39, 0.29) is 0 Å². The number of nitrogens with zero attached hydrogens (tertiary/aromatic N) is 2. The lowest BCUT2D eigenvalue weighted by Crippen LogP contribution is -2.29. The summed E-state index contributed by atoms with van der Waals surface area (Å²) in [4.78, 5) is 2.42. The van der Waals surface area contributed by atoms with Crippen molar-refractivity contribution in [2.45, 2.75) is 18.8 Å². The number of fused-ring (bicyclic) bond motifs is 7. The highest BCUT2D eigenvalue weighted by Gasteiger charge is 2.46. The molecule has 67 heavy (non-hydrogen) atoms. The zero-order valence-corrected chi connectivity index (χ0v) is 37.3. The Balaban J connectivity index is 1.03. The van der Waals surface area contributed by atoms with Crippen LogP contribution in [0.3, 0.4) is 0 Å². The van der Waals surface area contributed by atoms with E-state index in [9.17, 15) is 0 Å². The van der Waals surface area contributed by atoms with Crippen LogP contribution in [0.2, 0.25) is 0 Å². The summed E-state index contributed by atoms with van der Waals surface area (Å²) in [5.74, 6) is 2.74. The molecule has 0 fully saturated rings. The van der Waals surface area contributed by atoms with Crippen LogP contribution in [-0.2, 0) is 5.41 Å². The monoisotopic (exact) mass is 854 g/mol. The summed E-state index contributed by atoms with van der Waals surface area (Å²) in [6.07, 6.45) is 21.9. The van der Waals surface area contributed by atoms with Gasteiger partial charge in [0.1, 0.15) is 0 Å². The summed E-state index contributed by atoms with van der Waals surface area (Å²) in [5.41, 5.74) is 18.7. The molecule has 1 unspecified atom stereocenters. The summed E-state index contributed by atoms with van der Waals surface area (Å²) >= 11 is 0. The highest BCUT2D eigenvalue weighted by atomic mass is 15.1. The zero-order chi connectivity index (χ0) is 44.9. The van der Waals surface area contributed by atoms with Crippen molar-refractivity contribution >= 4 is 55.7 Å². The van der Waals surface area contributed by atoms with Gasteiger partial charge in [-0.25, -0.2) is 0 Å². The van der Waals surface area contributed by atoms with Crippen molar-refractivity contribution in [2.24, 2.45) is 0 Å². The minimum absolute atomic E-state index is 0.431. The van der Waals surface area contributed by atoms with Gasteiger partial charge in [0, 0.05) is 27.8 Å². The van der Waals surface area contributed by atoms with Gasteiger partial charge in [-0.1, -0.05) is 176 Å². The van der Waals surface area contributed by atoms with Crippen molar-refractivity contribution in [3.63, 3.8) is 0 Å². The summed E-state index contributed by atoms with van der Waals surface area (Å²) in [6, 6.07) is 73.5. The molecule has 0 spiro atoms. The second-order valence-electron chi connectivity index (χ2n) is 17.5. The van der Waals surface area contributed by atoms with Gasteiger partial charge in [0.05, 0.1) is 22.1 Å². The molecule has 0 aliphatic heterocycles. The normalized spacial score (nSPS) is 15.1. The molecule has 316 valence electrons. The number of benzene rings is 9. The van der Waals surface area contributed by atoms with E-state index in [1.165, 1.54) is 60.6 Å². The van der Waals surface area contributed by atoms with Gasteiger partial charge in [-0.05, 0) is 153 Å². The Labute approximate surface area is 392 Å². The zero-order valence-electron chi connectivity index (χ0n) is 37.3. The minimum atomic E-state index is -0.431. The standard InChI is InChI=1S/C65H46N2/c1-3-4-28-54-45(2)64(43-48-21-15-16-29-55(48)54)66(53-39-41-63-59(44-53)57-31-18-20-33-62(57)67(63)51-26-13-8-14-27-51)52-37-34-46(35-38-52)47-36-40-61-58(42-47)56-30-17-19-32-60(56)65(61,50-24-11-7-12-25-50)49-22-9-5-6-10-23-49/h1,4-9,11-44H,10H2,2H3/b28-4-. The number of allylic oxidation sites excluding steroid dienone is 7. The van der Waals surface area contributed by atoms with Crippen LogP contribution < -0.4 is 4.90 Å². The maximum Gasteiger partial charge on any atom is 0.0710 e. The van der Waals surface area contributed by atoms with E-state index in [1.807, 2.05) is 6.08 Å². The Bertz CT molecular complexity index is 3720. The molecular formula is C65H46N2. The Hall–Kier alpha value is -8.64. The van der Waals surface area contributed by atoms with Crippen LogP contribution in [0.5, 0.6) is 0 Å². The van der Waals surface area contributed by atoms with Crippen molar-refractivity contribution in [3.8, 4) is 40.3 Å². The predicted octanol–water partition coefficient (Wildman–Crippen LogP) is 16.8. The molecule has 2 nitrogen and oxygen atoms in total. The van der Waals surface area contributed by atoms with Gasteiger partial charge < -0.3 is 9.47 Å². The minimum Gasteiger partial charge on any atom is -0.310 e. The topological polar surface area (TPSA) is 8.17 Å². The Morgan fingerprint density at radius 2 is 1.27 bits per heavy atom. The van der Waals surface area contributed by atoms with E-state index >= 15 is 0 Å². The maximum absolute atomic E-state index is 5.83. The molecule has 12 rings (SSSR count). The predicted molar refractivity (Wildman–Crippen MR) is 284 cm³/mol. The molecule has 0 saturated carbocycles. The Morgan fingerprint density at radius 3 is 2.10 bits per heavy atom. The molecule has 0 bridgehead atoms. The van der Waals surface area contributed by atoms with Crippen molar-refractivity contribution in [2.75, 3.05) is 4.90 Å². The number of terminal acetylenes is 1. The summed E-state index contributed by atoms with van der Waals surface area (Å²) in [5, 5.41) is 4.73. The van der Waals surface area contributed by atoms with Crippen LogP contribution in [0.25, 0.3) is 66.6 Å². The average molecular weight is 855 g/mol. The summed E-state index contributed by atoms with van der Waals surface area (Å²) in [7, 11) is 0. The van der Waals surface area contributed by atoms with Crippen molar-refractivity contribution in [1.82, 2.24) is 4.57 Å². The Kier molecular flexibility index (Phi) is 9.78. The van der Waals surface area contributed by atoms with Gasteiger partial charge in [-0.15, -0.1) is 6.42 Å². The number of rotatable bonds is 8. The van der Waals surface area contributed by atoms with Crippen molar-refractivity contribution in [3.05, 3.63) is 270 Å². The number of aromatic nitrogens is 1. The molecule has 0 amide bonds. The van der Waals surface area contributed by atoms with Gasteiger partial charge in [-0.3, -0.25) is 0 Å². The highest BCUT2D eigenvalue weighted by Crippen LogP contribution is 2.57. The molecule has 2 aliphatic carbocycles. The largest absolute Gasteiger partial charge is 0.310 e. The van der Waals surface area contributed by atoms with E-state index < -0.39 is 5.41 Å². The third-order valence-corrected chi connectivity index (χ3v) is 14.0. The van der Waals surface area contributed by atoms with Gasteiger partial charge in [0.25, 0.3) is 0 Å². The second-order valence-corrected chi connectivity index (χ2v) is 17.5. The first kappa shape index (κ1) is 39.9. The molecule has 0 saturated heterocycles. The van der Waals surface area contributed by atoms with E-state index in [0.717, 1.165) is 56.8 Å². The second kappa shape index (κ2) is 16.4. The van der Waals surface area contributed by atoms with Gasteiger partial charge in [0.2, 0.25) is 0 Å². The third kappa shape index (κ3) is 6.43. The van der Waals surface area contributed by atoms with E-state index in [2.05, 4.69) is 259 Å². The molecule has 0 radical (unpaired) electrons. The smallest absolute Gasteiger partial charge is 0.0710 e. The summed E-state index contributed by atoms with van der Waals surface area (Å²) < 4.78 is 2.37. The van der Waals surface area contributed by atoms with E-state index in [4.69, 9.17) is 6.42 Å². The summed E-state index contributed by atoms with van der Waals surface area (Å²) in [6.45, 7) is 2.22. The van der Waals surface area contributed by atoms with Gasteiger partial charge in [-0.2, -0.15) is 0 Å². The first-order valence-corrected chi connectivity index (χ1v) is 23.1. The first-order chi connectivity index (χ1) is 33.1. The van der Waals surface area contributed by atoms with Crippen LogP contribution in [0.4, 0.5) is 17.1 Å². The van der Waals surface area contributed by atoms with E-state index in [0.29, 0.717) is 0 Å². The molecule has 1 atom stereocenters. The number of para-hydroxylation sites is 2. The maximum atomic E-state index is 5.83. The lowest BCUT2D eigenvalue weighted by Gasteiger charge is -2.34. The van der Waals surface area contributed by atoms with Crippen LogP contribution in [-0.4, -0.2) is 4.57 Å². The number of hydrogen-bond acceptors (Lipinski definition) is 1. The number of hydrogen-bond donors (Lipinski definition) is 0. The van der Waals surface area contributed by atoms with Gasteiger partial charge >= 0.3 is 0 Å². The molecule has 10 aromatic rings. The lowest BCUT2D eigenvalue weighted by molar-refractivity contribution is 0.764. The quantitative estimate of drug-likeness (QED) is 0.138. The average Bonchev–Trinajstić information content (AvgIpc) is 3.71. The number of anilines is 3. The van der Waals surface area contributed by atoms with Crippen LogP contribution in [0.1, 0.15) is 34.2 Å². The third-order valence-electron chi connectivity index (χ3n) is 14.0. The fourth-order valence-corrected chi connectivity index (χ4v) is 11.0. The first-order valence-electron chi connectivity index (χ1n) is 23.1. The molecule has 2 aliphatic rings. The van der Waals surface area contributed by atoms with Crippen LogP contribution >= 0.6 is 0 Å². The molecule has 1 heterocycles. The lowest BCUT2D eigenvalue weighted by atomic mass is 9.67. The highest BCUT2D eigenvalue weighted by molar-refractivity contribution is 6.11. The molecule has 9 aromatic carbocycles. The fraction of sp³-hybridized carbons (Fsp3) is 0.0462. The van der Waals surface area contributed by atoms with Crippen LogP contribution in [0.15, 0.2) is 242 Å². The Morgan fingerprint density at radius 1 is 0.582 bits per heavy atom.